The molecule has 0 aliphatic carbocycles. The van der Waals surface area contributed by atoms with Crippen molar-refractivity contribution in [2.75, 3.05) is 24.4 Å². The van der Waals surface area contributed by atoms with Gasteiger partial charge < -0.3 is 14.8 Å². The third kappa shape index (κ3) is 4.59. The minimum atomic E-state index is -0.420. The van der Waals surface area contributed by atoms with Crippen molar-refractivity contribution >= 4 is 35.0 Å². The van der Waals surface area contributed by atoms with E-state index in [2.05, 4.69) is 5.32 Å². The Labute approximate surface area is 197 Å². The van der Waals surface area contributed by atoms with Gasteiger partial charge in [-0.2, -0.15) is 0 Å². The number of thioether (sulfide) groups is 1. The molecule has 0 fully saturated rings. The van der Waals surface area contributed by atoms with Gasteiger partial charge in [0, 0.05) is 11.0 Å². The average molecular weight is 461 g/mol. The van der Waals surface area contributed by atoms with Crippen LogP contribution >= 0.6 is 11.8 Å². The number of hydrogen-bond acceptors (Lipinski definition) is 6. The van der Waals surface area contributed by atoms with Crippen LogP contribution in [0.2, 0.25) is 0 Å². The minimum absolute atomic E-state index is 0.203. The Bertz CT molecular complexity index is 1230. The number of imide groups is 1. The summed E-state index contributed by atoms with van der Waals surface area (Å²) in [6, 6.07) is 20.4. The van der Waals surface area contributed by atoms with Crippen LogP contribution < -0.4 is 19.7 Å². The van der Waals surface area contributed by atoms with E-state index in [-0.39, 0.29) is 11.6 Å². The number of carbonyl (C=O) groups excluding carboxylic acids is 2. The van der Waals surface area contributed by atoms with Gasteiger partial charge in [0.15, 0.2) is 0 Å². The molecule has 1 heterocycles. The average Bonchev–Trinajstić information content (AvgIpc) is 3.05. The molecule has 0 aromatic heterocycles. The molecule has 0 spiro atoms. The Morgan fingerprint density at radius 1 is 0.788 bits per heavy atom. The first-order valence-corrected chi connectivity index (χ1v) is 11.2. The molecular weight excluding hydrogens is 436 g/mol. The molecule has 1 aliphatic rings. The lowest BCUT2D eigenvalue weighted by molar-refractivity contribution is -0.120. The molecule has 2 amide bonds. The fourth-order valence-corrected chi connectivity index (χ4v) is 4.33. The number of anilines is 2. The molecule has 168 valence electrons. The molecule has 0 saturated carbocycles. The van der Waals surface area contributed by atoms with E-state index >= 15 is 0 Å². The van der Waals surface area contributed by atoms with Gasteiger partial charge in [-0.25, -0.2) is 4.90 Å². The zero-order chi connectivity index (χ0) is 23.5. The monoisotopic (exact) mass is 460 g/mol. The first kappa shape index (κ1) is 22.5. The summed E-state index contributed by atoms with van der Waals surface area (Å²) < 4.78 is 10.7. The number of rotatable bonds is 7. The van der Waals surface area contributed by atoms with Crippen molar-refractivity contribution in [2.24, 2.45) is 0 Å². The van der Waals surface area contributed by atoms with Crippen molar-refractivity contribution in [3.05, 3.63) is 88.5 Å². The summed E-state index contributed by atoms with van der Waals surface area (Å²) >= 11 is 1.26. The lowest BCUT2D eigenvalue weighted by Gasteiger charge is -2.16. The Kier molecular flexibility index (Phi) is 6.42. The van der Waals surface area contributed by atoms with Crippen LogP contribution in [0.3, 0.4) is 0 Å². The predicted molar refractivity (Wildman–Crippen MR) is 131 cm³/mol. The number of benzene rings is 3. The van der Waals surface area contributed by atoms with Gasteiger partial charge in [0.05, 0.1) is 25.6 Å². The predicted octanol–water partition coefficient (Wildman–Crippen LogP) is 5.31. The van der Waals surface area contributed by atoms with E-state index in [1.807, 2.05) is 50.2 Å². The summed E-state index contributed by atoms with van der Waals surface area (Å²) in [5.41, 5.74) is 3.44. The van der Waals surface area contributed by atoms with E-state index in [1.165, 1.54) is 23.8 Å². The Balaban J connectivity index is 1.76. The van der Waals surface area contributed by atoms with Crippen LogP contribution in [-0.2, 0) is 9.59 Å². The van der Waals surface area contributed by atoms with Gasteiger partial charge in [0.2, 0.25) is 0 Å². The highest BCUT2D eigenvalue weighted by atomic mass is 32.2. The largest absolute Gasteiger partial charge is 0.497 e. The van der Waals surface area contributed by atoms with E-state index in [0.717, 1.165) is 16.0 Å². The van der Waals surface area contributed by atoms with Gasteiger partial charge in [-0.05, 0) is 50.2 Å². The Morgan fingerprint density at radius 3 is 2.03 bits per heavy atom. The molecular formula is C26H24N2O4S. The van der Waals surface area contributed by atoms with Crippen molar-refractivity contribution in [1.29, 1.82) is 0 Å². The smallest absolute Gasteiger partial charge is 0.283 e. The highest BCUT2D eigenvalue weighted by molar-refractivity contribution is 8.04. The summed E-state index contributed by atoms with van der Waals surface area (Å²) in [5, 5.41) is 3.15. The minimum Gasteiger partial charge on any atom is -0.497 e. The van der Waals surface area contributed by atoms with Gasteiger partial charge in [-0.1, -0.05) is 47.2 Å². The fourth-order valence-electron chi connectivity index (χ4n) is 3.40. The van der Waals surface area contributed by atoms with Gasteiger partial charge in [0.1, 0.15) is 22.1 Å². The number of methoxy groups -OCH3 is 2. The number of hydrogen-bond donors (Lipinski definition) is 1. The van der Waals surface area contributed by atoms with Gasteiger partial charge in [-0.3, -0.25) is 9.59 Å². The van der Waals surface area contributed by atoms with Crippen molar-refractivity contribution in [3.8, 4) is 11.5 Å². The van der Waals surface area contributed by atoms with Crippen LogP contribution in [0.25, 0.3) is 0 Å². The van der Waals surface area contributed by atoms with Crippen molar-refractivity contribution in [3.63, 3.8) is 0 Å². The second kappa shape index (κ2) is 9.42. The maximum absolute atomic E-state index is 13.5. The molecule has 0 atom stereocenters. The van der Waals surface area contributed by atoms with Crippen molar-refractivity contribution in [1.82, 2.24) is 0 Å². The maximum atomic E-state index is 13.5. The first-order chi connectivity index (χ1) is 15.9. The molecule has 4 rings (SSSR count). The lowest BCUT2D eigenvalue weighted by Crippen LogP contribution is -2.32. The molecule has 7 heteroatoms. The van der Waals surface area contributed by atoms with E-state index in [1.54, 1.807) is 37.4 Å². The fraction of sp³-hybridized carbons (Fsp3) is 0.154. The molecule has 0 bridgehead atoms. The maximum Gasteiger partial charge on any atom is 0.283 e. The number of ether oxygens (including phenoxy) is 2. The summed E-state index contributed by atoms with van der Waals surface area (Å²) in [4.78, 5) is 29.3. The molecule has 1 aliphatic heterocycles. The van der Waals surface area contributed by atoms with E-state index in [9.17, 15) is 9.59 Å². The van der Waals surface area contributed by atoms with E-state index in [4.69, 9.17) is 9.47 Å². The molecule has 3 aromatic rings. The van der Waals surface area contributed by atoms with Crippen LogP contribution in [0.4, 0.5) is 11.4 Å². The number of amides is 2. The van der Waals surface area contributed by atoms with Crippen LogP contribution in [0.1, 0.15) is 11.1 Å². The van der Waals surface area contributed by atoms with Crippen molar-refractivity contribution < 1.29 is 19.1 Å². The number of carbonyl (C=O) groups is 2. The molecule has 0 radical (unpaired) electrons. The second-order valence-electron chi connectivity index (χ2n) is 7.59. The van der Waals surface area contributed by atoms with Gasteiger partial charge in [0.25, 0.3) is 11.8 Å². The topological polar surface area (TPSA) is 67.9 Å². The summed E-state index contributed by atoms with van der Waals surface area (Å²) in [6.45, 7) is 3.96. The highest BCUT2D eigenvalue weighted by Crippen LogP contribution is 2.39. The number of nitrogens with one attached hydrogen (secondary N) is 1. The highest BCUT2D eigenvalue weighted by Gasteiger charge is 2.40. The van der Waals surface area contributed by atoms with Crippen LogP contribution in [0.15, 0.2) is 82.2 Å². The van der Waals surface area contributed by atoms with Crippen molar-refractivity contribution in [2.45, 2.75) is 18.7 Å². The summed E-state index contributed by atoms with van der Waals surface area (Å²) in [6.07, 6.45) is 0. The first-order valence-electron chi connectivity index (χ1n) is 10.3. The molecule has 1 N–H and O–H groups in total. The normalized spacial score (nSPS) is 13.5. The molecule has 0 saturated heterocycles. The summed E-state index contributed by atoms with van der Waals surface area (Å²) in [7, 11) is 3.11. The van der Waals surface area contributed by atoms with Gasteiger partial charge >= 0.3 is 0 Å². The standard InChI is InChI=1S/C26H24N2O4S/c1-16-5-9-18(10-6-16)28-25(29)23(27-21-14-11-19(31-3)15-22(21)32-4)24(26(28)30)33-20-12-7-17(2)8-13-20/h5-15,27H,1-4H3. The molecule has 6 nitrogen and oxygen atoms in total. The second-order valence-corrected chi connectivity index (χ2v) is 8.68. The lowest BCUT2D eigenvalue weighted by atomic mass is 10.2. The van der Waals surface area contributed by atoms with E-state index in [0.29, 0.717) is 27.8 Å². The van der Waals surface area contributed by atoms with E-state index < -0.39 is 5.91 Å². The summed E-state index contributed by atoms with van der Waals surface area (Å²) in [5.74, 6) is 0.326. The Hall–Kier alpha value is -3.71. The zero-order valence-electron chi connectivity index (χ0n) is 18.8. The quantitative estimate of drug-likeness (QED) is 0.482. The third-order valence-corrected chi connectivity index (χ3v) is 6.33. The molecule has 3 aromatic carbocycles. The van der Waals surface area contributed by atoms with Crippen LogP contribution in [-0.4, -0.2) is 26.0 Å². The van der Waals surface area contributed by atoms with Crippen LogP contribution in [0, 0.1) is 13.8 Å². The zero-order valence-corrected chi connectivity index (χ0v) is 19.7. The molecule has 0 unspecified atom stereocenters. The SMILES string of the molecule is COc1ccc(NC2=C(Sc3ccc(C)cc3)C(=O)N(c3ccc(C)cc3)C2=O)c(OC)c1. The number of aryl methyl sites for hydroxylation is 2. The Morgan fingerprint density at radius 2 is 1.42 bits per heavy atom. The van der Waals surface area contributed by atoms with Gasteiger partial charge in [-0.15, -0.1) is 0 Å². The molecule has 33 heavy (non-hydrogen) atoms. The van der Waals surface area contributed by atoms with Crippen LogP contribution in [0.5, 0.6) is 11.5 Å². The number of nitrogens with zero attached hydrogens (tertiary/aromatic N) is 1. The third-order valence-electron chi connectivity index (χ3n) is 5.24.